The first-order chi connectivity index (χ1) is 10.7. The number of benzene rings is 3. The Kier molecular flexibility index (Phi) is 4.58. The van der Waals surface area contributed by atoms with Crippen LogP contribution in [-0.2, 0) is 0 Å². The maximum absolute atomic E-state index is 10.2. The summed E-state index contributed by atoms with van der Waals surface area (Å²) >= 11 is 3.39. The largest absolute Gasteiger partial charge is 0.387 e. The van der Waals surface area contributed by atoms with Gasteiger partial charge in [-0.25, -0.2) is 0 Å². The molecule has 3 aromatic carbocycles. The molecule has 0 saturated heterocycles. The molecule has 0 spiro atoms. The molecule has 0 aliphatic rings. The van der Waals surface area contributed by atoms with Crippen LogP contribution in [0, 0.1) is 11.8 Å². The van der Waals surface area contributed by atoms with Crippen LogP contribution in [-0.4, -0.2) is 5.11 Å². The van der Waals surface area contributed by atoms with Crippen molar-refractivity contribution >= 4 is 26.7 Å². The van der Waals surface area contributed by atoms with Crippen molar-refractivity contribution in [1.82, 2.24) is 0 Å². The Morgan fingerprint density at radius 2 is 1.64 bits per heavy atom. The van der Waals surface area contributed by atoms with Gasteiger partial charge in [0.15, 0.2) is 0 Å². The van der Waals surface area contributed by atoms with Crippen LogP contribution in [0.3, 0.4) is 0 Å². The summed E-state index contributed by atoms with van der Waals surface area (Å²) in [6, 6.07) is 22.0. The number of hydrogen-bond donors (Lipinski definition) is 1. The maximum atomic E-state index is 10.2. The van der Waals surface area contributed by atoms with E-state index in [4.69, 9.17) is 0 Å². The van der Waals surface area contributed by atoms with Gasteiger partial charge in [-0.3, -0.25) is 0 Å². The highest BCUT2D eigenvalue weighted by Gasteiger charge is 2.05. The number of rotatable bonds is 2. The van der Waals surface area contributed by atoms with Crippen LogP contribution in [0.15, 0.2) is 71.2 Å². The summed E-state index contributed by atoms with van der Waals surface area (Å²) in [5, 5.41) is 12.5. The Bertz CT molecular complexity index is 835. The standard InChI is InChI=1S/C20H15BrO/c21-18-13-11-17(12-14-18)20(22)10-4-8-16-7-3-6-15-5-1-2-9-19(15)16/h1-3,5-7,9,11-14,20,22H,10H2/t20-/m1/s1. The zero-order valence-electron chi connectivity index (χ0n) is 12.0. The van der Waals surface area contributed by atoms with Crippen molar-refractivity contribution in [3.05, 3.63) is 82.3 Å². The minimum atomic E-state index is -0.560. The normalized spacial score (nSPS) is 11.7. The molecule has 1 atom stereocenters. The molecular formula is C20H15BrO. The van der Waals surface area contributed by atoms with E-state index >= 15 is 0 Å². The highest BCUT2D eigenvalue weighted by molar-refractivity contribution is 9.10. The topological polar surface area (TPSA) is 20.2 Å². The molecule has 0 aliphatic carbocycles. The zero-order valence-corrected chi connectivity index (χ0v) is 13.5. The van der Waals surface area contributed by atoms with Crippen LogP contribution >= 0.6 is 15.9 Å². The second-order valence-electron chi connectivity index (χ2n) is 5.10. The Morgan fingerprint density at radius 3 is 2.45 bits per heavy atom. The van der Waals surface area contributed by atoms with E-state index in [-0.39, 0.29) is 0 Å². The highest BCUT2D eigenvalue weighted by Crippen LogP contribution is 2.20. The van der Waals surface area contributed by atoms with Crippen molar-refractivity contribution in [2.24, 2.45) is 0 Å². The van der Waals surface area contributed by atoms with Crippen LogP contribution in [0.25, 0.3) is 10.8 Å². The second-order valence-corrected chi connectivity index (χ2v) is 6.02. The molecule has 0 bridgehead atoms. The van der Waals surface area contributed by atoms with Crippen molar-refractivity contribution in [2.75, 3.05) is 0 Å². The van der Waals surface area contributed by atoms with Gasteiger partial charge in [0, 0.05) is 16.5 Å². The molecule has 3 rings (SSSR count). The van der Waals surface area contributed by atoms with E-state index < -0.39 is 6.10 Å². The van der Waals surface area contributed by atoms with Crippen molar-refractivity contribution in [1.29, 1.82) is 0 Å². The Labute approximate surface area is 138 Å². The smallest absolute Gasteiger partial charge is 0.0899 e. The van der Waals surface area contributed by atoms with Gasteiger partial charge in [0.1, 0.15) is 0 Å². The predicted molar refractivity (Wildman–Crippen MR) is 94.5 cm³/mol. The monoisotopic (exact) mass is 350 g/mol. The number of hydrogen-bond acceptors (Lipinski definition) is 1. The molecule has 0 amide bonds. The number of fused-ring (bicyclic) bond motifs is 1. The molecule has 0 heterocycles. The van der Waals surface area contributed by atoms with Gasteiger partial charge in [0.2, 0.25) is 0 Å². The molecule has 0 saturated carbocycles. The third kappa shape index (κ3) is 3.39. The summed E-state index contributed by atoms with van der Waals surface area (Å²) in [6.45, 7) is 0. The lowest BCUT2D eigenvalue weighted by Gasteiger charge is -2.07. The Morgan fingerprint density at radius 1 is 0.909 bits per heavy atom. The molecule has 1 N–H and O–H groups in total. The first kappa shape index (κ1) is 14.8. The average Bonchev–Trinajstić information content (AvgIpc) is 2.55. The van der Waals surface area contributed by atoms with Crippen LogP contribution in [0.1, 0.15) is 23.7 Å². The minimum absolute atomic E-state index is 0.421. The molecule has 0 aromatic heterocycles. The second kappa shape index (κ2) is 6.79. The van der Waals surface area contributed by atoms with E-state index in [1.165, 1.54) is 5.39 Å². The summed E-state index contributed by atoms with van der Waals surface area (Å²) < 4.78 is 1.00. The van der Waals surface area contributed by atoms with E-state index in [0.717, 1.165) is 21.0 Å². The summed E-state index contributed by atoms with van der Waals surface area (Å²) in [5.41, 5.74) is 1.89. The van der Waals surface area contributed by atoms with Gasteiger partial charge < -0.3 is 5.11 Å². The van der Waals surface area contributed by atoms with Gasteiger partial charge in [0.25, 0.3) is 0 Å². The molecular weight excluding hydrogens is 336 g/mol. The summed E-state index contributed by atoms with van der Waals surface area (Å²) in [5.74, 6) is 6.28. The first-order valence-corrected chi connectivity index (χ1v) is 7.93. The van der Waals surface area contributed by atoms with Crippen LogP contribution in [0.2, 0.25) is 0 Å². The van der Waals surface area contributed by atoms with Crippen LogP contribution in [0.4, 0.5) is 0 Å². The zero-order chi connectivity index (χ0) is 15.4. The lowest BCUT2D eigenvalue weighted by atomic mass is 10.0. The molecule has 108 valence electrons. The molecule has 0 fully saturated rings. The minimum Gasteiger partial charge on any atom is -0.387 e. The van der Waals surface area contributed by atoms with E-state index in [1.54, 1.807) is 0 Å². The van der Waals surface area contributed by atoms with E-state index in [1.807, 2.05) is 48.5 Å². The fourth-order valence-corrected chi connectivity index (χ4v) is 2.64. The first-order valence-electron chi connectivity index (χ1n) is 7.14. The third-order valence-corrected chi connectivity index (χ3v) is 4.09. The molecule has 22 heavy (non-hydrogen) atoms. The van der Waals surface area contributed by atoms with E-state index in [0.29, 0.717) is 6.42 Å². The maximum Gasteiger partial charge on any atom is 0.0899 e. The van der Waals surface area contributed by atoms with E-state index in [9.17, 15) is 5.11 Å². The molecule has 0 unspecified atom stereocenters. The van der Waals surface area contributed by atoms with Gasteiger partial charge in [-0.1, -0.05) is 76.3 Å². The van der Waals surface area contributed by atoms with E-state index in [2.05, 4.69) is 46.0 Å². The Balaban J connectivity index is 1.79. The Hall–Kier alpha value is -2.08. The lowest BCUT2D eigenvalue weighted by Crippen LogP contribution is -1.95. The number of halogens is 1. The van der Waals surface area contributed by atoms with Gasteiger partial charge in [0.05, 0.1) is 6.10 Å². The summed E-state index contributed by atoms with van der Waals surface area (Å²) in [4.78, 5) is 0. The van der Waals surface area contributed by atoms with Crippen molar-refractivity contribution in [3.8, 4) is 11.8 Å². The van der Waals surface area contributed by atoms with Crippen LogP contribution < -0.4 is 0 Å². The molecule has 0 radical (unpaired) electrons. The van der Waals surface area contributed by atoms with Crippen molar-refractivity contribution < 1.29 is 5.11 Å². The van der Waals surface area contributed by atoms with Gasteiger partial charge >= 0.3 is 0 Å². The van der Waals surface area contributed by atoms with Crippen molar-refractivity contribution in [3.63, 3.8) is 0 Å². The summed E-state index contributed by atoms with van der Waals surface area (Å²) in [6.07, 6.45) is -0.138. The predicted octanol–water partition coefficient (Wildman–Crippen LogP) is 5.08. The van der Waals surface area contributed by atoms with Gasteiger partial charge in [-0.2, -0.15) is 0 Å². The molecule has 2 heteroatoms. The third-order valence-electron chi connectivity index (χ3n) is 3.56. The highest BCUT2D eigenvalue weighted by atomic mass is 79.9. The fourth-order valence-electron chi connectivity index (χ4n) is 2.38. The molecule has 0 aliphatic heterocycles. The summed E-state index contributed by atoms with van der Waals surface area (Å²) in [7, 11) is 0. The SMILES string of the molecule is O[C@H](CC#Cc1cccc2ccccc12)c1ccc(Br)cc1. The number of aliphatic hydroxyl groups excluding tert-OH is 1. The molecule has 1 nitrogen and oxygen atoms in total. The van der Waals surface area contributed by atoms with Gasteiger partial charge in [-0.15, -0.1) is 0 Å². The molecule has 3 aromatic rings. The number of aliphatic hydroxyl groups is 1. The lowest BCUT2D eigenvalue weighted by molar-refractivity contribution is 0.184. The fraction of sp³-hybridized carbons (Fsp3) is 0.100. The quantitative estimate of drug-likeness (QED) is 0.639. The van der Waals surface area contributed by atoms with Crippen molar-refractivity contribution in [2.45, 2.75) is 12.5 Å². The van der Waals surface area contributed by atoms with Crippen LogP contribution in [0.5, 0.6) is 0 Å². The van der Waals surface area contributed by atoms with Gasteiger partial charge in [-0.05, 0) is 34.5 Å². The average molecular weight is 351 g/mol.